The lowest BCUT2D eigenvalue weighted by Crippen LogP contribution is -2.41. The molecule has 1 rings (SSSR count). The normalized spacial score (nSPS) is 14.8. The van der Waals surface area contributed by atoms with Crippen molar-refractivity contribution in [1.82, 2.24) is 4.90 Å². The van der Waals surface area contributed by atoms with Gasteiger partial charge < -0.3 is 5.73 Å². The molecule has 0 spiro atoms. The first-order valence-electron chi connectivity index (χ1n) is 7.78. The Balaban J connectivity index is 2.98. The molecule has 0 radical (unpaired) electrons. The predicted molar refractivity (Wildman–Crippen MR) is 91.9 cm³/mol. The number of likely N-dealkylation sites (N-methyl/N-ethyl adjacent to an activating group) is 1. The fraction of sp³-hybridized carbons (Fsp3) is 0.647. The maximum absolute atomic E-state index is 6.30. The fourth-order valence-electron chi connectivity index (χ4n) is 2.86. The monoisotopic (exact) mass is 340 g/mol. The third-order valence-corrected chi connectivity index (χ3v) is 4.63. The molecular weight excluding hydrogens is 312 g/mol. The lowest BCUT2D eigenvalue weighted by atomic mass is 9.96. The van der Waals surface area contributed by atoms with Gasteiger partial charge in [-0.05, 0) is 37.1 Å². The average Bonchev–Trinajstić information content (AvgIpc) is 2.42. The summed E-state index contributed by atoms with van der Waals surface area (Å²) in [4.78, 5) is 2.53. The van der Waals surface area contributed by atoms with Crippen molar-refractivity contribution in [3.8, 4) is 0 Å². The van der Waals surface area contributed by atoms with Crippen molar-refractivity contribution in [3.05, 3.63) is 34.3 Å². The van der Waals surface area contributed by atoms with Gasteiger partial charge in [0.05, 0.1) is 0 Å². The van der Waals surface area contributed by atoms with Gasteiger partial charge in [0, 0.05) is 23.1 Å². The van der Waals surface area contributed by atoms with E-state index >= 15 is 0 Å². The molecule has 0 saturated carbocycles. The van der Waals surface area contributed by atoms with Gasteiger partial charge >= 0.3 is 0 Å². The van der Waals surface area contributed by atoms with E-state index in [2.05, 4.69) is 72.8 Å². The van der Waals surface area contributed by atoms with Crippen LogP contribution >= 0.6 is 15.9 Å². The van der Waals surface area contributed by atoms with Crippen LogP contribution in [0, 0.1) is 5.92 Å². The van der Waals surface area contributed by atoms with Crippen LogP contribution in [0.4, 0.5) is 0 Å². The molecule has 0 aromatic heterocycles. The molecule has 0 fully saturated rings. The van der Waals surface area contributed by atoms with E-state index in [0.717, 1.165) is 23.5 Å². The molecule has 3 heteroatoms. The van der Waals surface area contributed by atoms with E-state index in [1.54, 1.807) is 0 Å². The first kappa shape index (κ1) is 17.7. The van der Waals surface area contributed by atoms with Gasteiger partial charge in [-0.2, -0.15) is 0 Å². The van der Waals surface area contributed by atoms with Crippen molar-refractivity contribution in [3.63, 3.8) is 0 Å². The van der Waals surface area contributed by atoms with Crippen molar-refractivity contribution in [2.24, 2.45) is 11.7 Å². The van der Waals surface area contributed by atoms with E-state index in [4.69, 9.17) is 5.73 Å². The largest absolute Gasteiger partial charge is 0.326 e. The van der Waals surface area contributed by atoms with E-state index in [1.807, 2.05) is 0 Å². The Morgan fingerprint density at radius 3 is 2.30 bits per heavy atom. The highest BCUT2D eigenvalue weighted by molar-refractivity contribution is 9.10. The van der Waals surface area contributed by atoms with Gasteiger partial charge in [-0.25, -0.2) is 0 Å². The maximum Gasteiger partial charge on any atom is 0.0496 e. The lowest BCUT2D eigenvalue weighted by molar-refractivity contribution is 0.153. The van der Waals surface area contributed by atoms with Crippen molar-refractivity contribution in [2.45, 2.75) is 52.6 Å². The summed E-state index contributed by atoms with van der Waals surface area (Å²) in [5.41, 5.74) is 7.60. The SMILES string of the molecule is CCC(CC)CN(CC)C(c1cccc(Br)c1)C(C)N. The Morgan fingerprint density at radius 1 is 1.20 bits per heavy atom. The highest BCUT2D eigenvalue weighted by Crippen LogP contribution is 2.27. The number of nitrogens with zero attached hydrogens (tertiary/aromatic N) is 1. The maximum atomic E-state index is 6.30. The Hall–Kier alpha value is -0.380. The Morgan fingerprint density at radius 2 is 1.85 bits per heavy atom. The topological polar surface area (TPSA) is 29.3 Å². The Labute approximate surface area is 132 Å². The summed E-state index contributed by atoms with van der Waals surface area (Å²) in [5.74, 6) is 0.753. The zero-order valence-corrected chi connectivity index (χ0v) is 14.9. The molecule has 2 nitrogen and oxygen atoms in total. The van der Waals surface area contributed by atoms with Crippen LogP contribution in [0.1, 0.15) is 52.1 Å². The lowest BCUT2D eigenvalue weighted by Gasteiger charge is -2.36. The number of rotatable bonds is 8. The van der Waals surface area contributed by atoms with Gasteiger partial charge in [-0.3, -0.25) is 4.90 Å². The van der Waals surface area contributed by atoms with Gasteiger partial charge in [0.1, 0.15) is 0 Å². The van der Waals surface area contributed by atoms with Crippen molar-refractivity contribution in [1.29, 1.82) is 0 Å². The summed E-state index contributed by atoms with van der Waals surface area (Å²) in [7, 11) is 0. The molecule has 2 N–H and O–H groups in total. The third kappa shape index (κ3) is 4.87. The summed E-state index contributed by atoms with van der Waals surface area (Å²) in [6, 6.07) is 8.97. The van der Waals surface area contributed by atoms with Crippen LogP contribution in [0.25, 0.3) is 0 Å². The minimum absolute atomic E-state index is 0.124. The van der Waals surface area contributed by atoms with E-state index in [-0.39, 0.29) is 12.1 Å². The van der Waals surface area contributed by atoms with Crippen molar-refractivity contribution in [2.75, 3.05) is 13.1 Å². The summed E-state index contributed by atoms with van der Waals surface area (Å²) >= 11 is 3.57. The number of hydrogen-bond acceptors (Lipinski definition) is 2. The standard InChI is InChI=1S/C17H29BrN2/c1-5-14(6-2)12-20(7-3)17(13(4)19)15-9-8-10-16(18)11-15/h8-11,13-14,17H,5-7,12,19H2,1-4H3. The number of halogens is 1. The minimum atomic E-state index is 0.124. The molecule has 0 aliphatic carbocycles. The second-order valence-electron chi connectivity index (χ2n) is 5.63. The van der Waals surface area contributed by atoms with Gasteiger partial charge in [-0.1, -0.05) is 61.7 Å². The van der Waals surface area contributed by atoms with Crippen molar-refractivity contribution < 1.29 is 0 Å². The molecule has 1 aromatic rings. The quantitative estimate of drug-likeness (QED) is 0.749. The molecule has 1 aromatic carbocycles. The van der Waals surface area contributed by atoms with Crippen LogP contribution in [0.2, 0.25) is 0 Å². The molecule has 0 heterocycles. The van der Waals surface area contributed by atoms with Crippen LogP contribution in [0.3, 0.4) is 0 Å². The number of benzene rings is 1. The molecule has 0 amide bonds. The molecule has 0 saturated heterocycles. The molecule has 114 valence electrons. The molecular formula is C17H29BrN2. The fourth-order valence-corrected chi connectivity index (χ4v) is 3.27. The summed E-state index contributed by atoms with van der Waals surface area (Å²) in [6.07, 6.45) is 2.47. The minimum Gasteiger partial charge on any atom is -0.326 e. The van der Waals surface area contributed by atoms with Gasteiger partial charge in [-0.15, -0.1) is 0 Å². The first-order valence-corrected chi connectivity index (χ1v) is 8.57. The van der Waals surface area contributed by atoms with E-state index < -0.39 is 0 Å². The highest BCUT2D eigenvalue weighted by Gasteiger charge is 2.24. The van der Waals surface area contributed by atoms with Gasteiger partial charge in [0.2, 0.25) is 0 Å². The molecule has 2 unspecified atom stereocenters. The summed E-state index contributed by atoms with van der Waals surface area (Å²) in [5, 5.41) is 0. The first-order chi connectivity index (χ1) is 9.53. The Bertz CT molecular complexity index is 388. The smallest absolute Gasteiger partial charge is 0.0496 e. The van der Waals surface area contributed by atoms with E-state index in [1.165, 1.54) is 18.4 Å². The molecule has 0 aliphatic heterocycles. The molecule has 0 bridgehead atoms. The number of nitrogens with two attached hydrogens (primary N) is 1. The van der Waals surface area contributed by atoms with Crippen LogP contribution in [0.5, 0.6) is 0 Å². The predicted octanol–water partition coefficient (Wildman–Crippen LogP) is 4.60. The third-order valence-electron chi connectivity index (χ3n) is 4.14. The van der Waals surface area contributed by atoms with Gasteiger partial charge in [0.25, 0.3) is 0 Å². The van der Waals surface area contributed by atoms with Crippen LogP contribution in [0.15, 0.2) is 28.7 Å². The molecule has 20 heavy (non-hydrogen) atoms. The van der Waals surface area contributed by atoms with Gasteiger partial charge in [0.15, 0.2) is 0 Å². The van der Waals surface area contributed by atoms with Crippen molar-refractivity contribution >= 4 is 15.9 Å². The highest BCUT2D eigenvalue weighted by atomic mass is 79.9. The zero-order chi connectivity index (χ0) is 15.1. The molecule has 2 atom stereocenters. The van der Waals surface area contributed by atoms with Crippen LogP contribution < -0.4 is 5.73 Å². The molecule has 0 aliphatic rings. The summed E-state index contributed by atoms with van der Waals surface area (Å²) in [6.45, 7) is 11.1. The summed E-state index contributed by atoms with van der Waals surface area (Å²) < 4.78 is 1.12. The Kier molecular flexibility index (Phi) is 7.78. The van der Waals surface area contributed by atoms with Crippen LogP contribution in [-0.2, 0) is 0 Å². The van der Waals surface area contributed by atoms with Crippen LogP contribution in [-0.4, -0.2) is 24.0 Å². The second kappa shape index (κ2) is 8.81. The zero-order valence-electron chi connectivity index (χ0n) is 13.3. The number of hydrogen-bond donors (Lipinski definition) is 1. The van der Waals surface area contributed by atoms with E-state index in [0.29, 0.717) is 0 Å². The van der Waals surface area contributed by atoms with E-state index in [9.17, 15) is 0 Å². The average molecular weight is 341 g/mol. The second-order valence-corrected chi connectivity index (χ2v) is 6.54.